The maximum atomic E-state index is 14.0. The second-order valence-electron chi connectivity index (χ2n) is 21.9. The van der Waals surface area contributed by atoms with Crippen molar-refractivity contribution >= 4 is 19.8 Å². The van der Waals surface area contributed by atoms with E-state index in [1.54, 1.807) is 0 Å². The number of phosphoric acid groups is 1. The molecule has 1 saturated carbocycles. The summed E-state index contributed by atoms with van der Waals surface area (Å²) in [5.41, 5.74) is 0. The molecule has 0 aromatic rings. The van der Waals surface area contributed by atoms with Crippen molar-refractivity contribution in [2.75, 3.05) is 26.4 Å². The Hall–Kier alpha value is -2.33. The van der Waals surface area contributed by atoms with Crippen molar-refractivity contribution < 1.29 is 113 Å². The van der Waals surface area contributed by atoms with Crippen LogP contribution in [-0.2, 0) is 51.6 Å². The number of phosphoric ester groups is 1. The van der Waals surface area contributed by atoms with Gasteiger partial charge in [-0.05, 0) is 70.6 Å². The quantitative estimate of drug-likeness (QED) is 0.0171. The van der Waals surface area contributed by atoms with Crippen LogP contribution in [0.4, 0.5) is 0 Å². The van der Waals surface area contributed by atoms with Gasteiger partial charge in [0.25, 0.3) is 0 Å². The van der Waals surface area contributed by atoms with Crippen molar-refractivity contribution in [3.63, 3.8) is 0 Å². The number of carbonyl (C=O) groups excluding carboxylic acids is 2. The number of allylic oxidation sites excluding steroid dienone is 6. The van der Waals surface area contributed by atoms with E-state index < -0.39 is 150 Å². The van der Waals surface area contributed by atoms with Gasteiger partial charge >= 0.3 is 19.8 Å². The summed E-state index contributed by atoms with van der Waals surface area (Å²) >= 11 is 0. The number of unbranched alkanes of at least 4 members (excludes halogenated alkanes) is 20. The molecule has 478 valence electrons. The summed E-state index contributed by atoms with van der Waals surface area (Å²) in [6.07, 6.45) is 4.00. The lowest BCUT2D eigenvalue weighted by Crippen LogP contribution is -2.69. The van der Waals surface area contributed by atoms with Gasteiger partial charge in [0.15, 0.2) is 18.7 Å². The molecular formula is C58H103O23P. The van der Waals surface area contributed by atoms with Crippen molar-refractivity contribution in [2.45, 2.75) is 291 Å². The molecule has 3 rings (SSSR count). The number of aliphatic hydroxyl groups is 11. The fraction of sp³-hybridized carbons (Fsp3) is 0.862. The van der Waals surface area contributed by atoms with Crippen molar-refractivity contribution in [2.24, 2.45) is 0 Å². The molecule has 0 bridgehead atoms. The molecule has 24 heteroatoms. The van der Waals surface area contributed by atoms with Gasteiger partial charge in [0.2, 0.25) is 0 Å². The first-order chi connectivity index (χ1) is 39.4. The average Bonchev–Trinajstić information content (AvgIpc) is 3.64. The first-order valence-corrected chi connectivity index (χ1v) is 31.8. The molecule has 0 spiro atoms. The van der Waals surface area contributed by atoms with Gasteiger partial charge in [-0.1, -0.05) is 140 Å². The molecule has 0 aromatic carbocycles. The van der Waals surface area contributed by atoms with Crippen LogP contribution in [0.15, 0.2) is 36.5 Å². The second kappa shape index (κ2) is 42.5. The van der Waals surface area contributed by atoms with Crippen LogP contribution in [0.5, 0.6) is 0 Å². The number of hydrogen-bond donors (Lipinski definition) is 12. The van der Waals surface area contributed by atoms with Crippen molar-refractivity contribution in [3.8, 4) is 0 Å². The van der Waals surface area contributed by atoms with Crippen LogP contribution in [-0.4, -0.2) is 204 Å². The molecule has 1 aliphatic carbocycles. The lowest BCUT2D eigenvalue weighted by molar-refractivity contribution is -0.360. The normalized spacial score (nSPS) is 31.0. The highest BCUT2D eigenvalue weighted by Crippen LogP contribution is 2.49. The monoisotopic (exact) mass is 1200 g/mol. The lowest BCUT2D eigenvalue weighted by atomic mass is 9.84. The number of aliphatic hydroxyl groups excluding tert-OH is 11. The molecule has 0 radical (unpaired) electrons. The standard InChI is InChI=1S/C58H103O23P/c1-3-5-7-9-11-13-15-17-19-21-22-24-26-28-30-32-34-43(61)74-38-40(76-44(62)35-33-31-29-27-25-23-20-18-16-14-12-10-8-6-4-2)39-75-82(72,73)81-56-54(79-57-52(70)47(65)45(63)41(36-59)77-57)50(68)49(67)51(69)55(56)80-58-53(71)48(66)46(64)42(37-60)78-58/h13,15,18-21,40-42,45-60,63-71H,3-12,14,16-17,22-39H2,1-2H3,(H,72,73)/b15-13-,20-18-,21-19-/t40-,41?,42?,45-,46+,47?,48?,49?,50?,51?,52-,53+,54-,55?,56?,57-,58+/m1/s1. The van der Waals surface area contributed by atoms with Crippen LogP contribution < -0.4 is 0 Å². The van der Waals surface area contributed by atoms with Gasteiger partial charge in [-0.2, -0.15) is 0 Å². The second-order valence-corrected chi connectivity index (χ2v) is 23.3. The Labute approximate surface area is 485 Å². The number of rotatable bonds is 44. The Kier molecular flexibility index (Phi) is 38.3. The Morgan fingerprint density at radius 2 is 0.841 bits per heavy atom. The van der Waals surface area contributed by atoms with Gasteiger partial charge in [-0.3, -0.25) is 18.6 Å². The summed E-state index contributed by atoms with van der Waals surface area (Å²) in [5, 5.41) is 117. The molecular weight excluding hydrogens is 1100 g/mol. The molecule has 0 amide bonds. The van der Waals surface area contributed by atoms with E-state index in [2.05, 4.69) is 50.3 Å². The fourth-order valence-corrected chi connectivity index (χ4v) is 10.8. The molecule has 2 saturated heterocycles. The Morgan fingerprint density at radius 1 is 0.463 bits per heavy atom. The predicted molar refractivity (Wildman–Crippen MR) is 300 cm³/mol. The maximum absolute atomic E-state index is 14.0. The highest BCUT2D eigenvalue weighted by Gasteiger charge is 2.58. The molecule has 18 atom stereocenters. The summed E-state index contributed by atoms with van der Waals surface area (Å²) in [5.74, 6) is -1.36. The lowest BCUT2D eigenvalue weighted by Gasteiger charge is -2.49. The molecule has 12 N–H and O–H groups in total. The van der Waals surface area contributed by atoms with E-state index in [0.717, 1.165) is 77.0 Å². The SMILES string of the molecule is CCCCCC/C=C\C/C=C\CCCCCCCC(=O)OC[C@H](COP(=O)(O)OC1C(O[C@@H]2OC(CO)[C@H](O)C(O)[C@@H]2O)C(O)C(O)C(O)[C@H]1O[C@H]1OC(CO)[C@@H](O)C(O)[C@H]1O)OC(=O)CCCCCCC/C=C\CCCCCCCC. The van der Waals surface area contributed by atoms with E-state index in [4.69, 9.17) is 37.5 Å². The van der Waals surface area contributed by atoms with Crippen LogP contribution in [0.1, 0.15) is 187 Å². The molecule has 23 nitrogen and oxygen atoms in total. The van der Waals surface area contributed by atoms with Crippen LogP contribution in [0, 0.1) is 0 Å². The Balaban J connectivity index is 1.69. The van der Waals surface area contributed by atoms with Gasteiger partial charge in [0.05, 0.1) is 19.8 Å². The number of carbonyl (C=O) groups is 2. The third-order valence-corrected chi connectivity index (χ3v) is 15.9. The van der Waals surface area contributed by atoms with Crippen molar-refractivity contribution in [1.82, 2.24) is 0 Å². The van der Waals surface area contributed by atoms with Gasteiger partial charge in [0, 0.05) is 12.8 Å². The van der Waals surface area contributed by atoms with E-state index in [0.29, 0.717) is 19.3 Å². The van der Waals surface area contributed by atoms with E-state index >= 15 is 0 Å². The predicted octanol–water partition coefficient (Wildman–Crippen LogP) is 4.65. The summed E-state index contributed by atoms with van der Waals surface area (Å²) in [6.45, 7) is 0.965. The van der Waals surface area contributed by atoms with Gasteiger partial charge < -0.3 is 89.5 Å². The van der Waals surface area contributed by atoms with Crippen molar-refractivity contribution in [1.29, 1.82) is 0 Å². The minimum absolute atomic E-state index is 0.0343. The van der Waals surface area contributed by atoms with Crippen LogP contribution >= 0.6 is 7.82 Å². The van der Waals surface area contributed by atoms with E-state index in [-0.39, 0.29) is 12.8 Å². The fourth-order valence-electron chi connectivity index (χ4n) is 9.85. The zero-order valence-electron chi connectivity index (χ0n) is 48.5. The van der Waals surface area contributed by atoms with Crippen LogP contribution in [0.3, 0.4) is 0 Å². The van der Waals surface area contributed by atoms with E-state index in [1.807, 2.05) is 0 Å². The molecule has 82 heavy (non-hydrogen) atoms. The molecule has 2 heterocycles. The van der Waals surface area contributed by atoms with Crippen molar-refractivity contribution in [3.05, 3.63) is 36.5 Å². The Bertz CT molecular complexity index is 1770. The first-order valence-electron chi connectivity index (χ1n) is 30.3. The van der Waals surface area contributed by atoms with E-state index in [1.165, 1.54) is 64.2 Å². The molecule has 10 unspecified atom stereocenters. The summed E-state index contributed by atoms with van der Waals surface area (Å²) in [4.78, 5) is 37.5. The third kappa shape index (κ3) is 27.6. The maximum Gasteiger partial charge on any atom is 0.472 e. The average molecular weight is 1200 g/mol. The zero-order valence-corrected chi connectivity index (χ0v) is 49.4. The number of hydrogen-bond acceptors (Lipinski definition) is 22. The third-order valence-electron chi connectivity index (χ3n) is 14.9. The summed E-state index contributed by atoms with van der Waals surface area (Å²) in [6, 6.07) is 0. The highest BCUT2D eigenvalue weighted by atomic mass is 31.2. The van der Waals surface area contributed by atoms with Crippen LogP contribution in [0.2, 0.25) is 0 Å². The van der Waals surface area contributed by atoms with E-state index in [9.17, 15) is 75.2 Å². The molecule has 2 aliphatic heterocycles. The van der Waals surface area contributed by atoms with Crippen LogP contribution in [0.25, 0.3) is 0 Å². The molecule has 0 aromatic heterocycles. The minimum Gasteiger partial charge on any atom is -0.462 e. The minimum atomic E-state index is -5.64. The Morgan fingerprint density at radius 3 is 1.28 bits per heavy atom. The van der Waals surface area contributed by atoms with Gasteiger partial charge in [-0.15, -0.1) is 0 Å². The summed E-state index contributed by atoms with van der Waals surface area (Å²) in [7, 11) is -5.64. The highest BCUT2D eigenvalue weighted by molar-refractivity contribution is 7.47. The summed E-state index contributed by atoms with van der Waals surface area (Å²) < 4.78 is 58.1. The zero-order chi connectivity index (χ0) is 60.3. The molecule has 3 fully saturated rings. The van der Waals surface area contributed by atoms with Gasteiger partial charge in [0.1, 0.15) is 92.1 Å². The molecule has 3 aliphatic rings. The number of esters is 2. The largest absolute Gasteiger partial charge is 0.472 e. The first kappa shape index (κ1) is 73.9. The number of ether oxygens (including phenoxy) is 6. The smallest absolute Gasteiger partial charge is 0.462 e. The topological polar surface area (TPSA) is 368 Å². The van der Waals surface area contributed by atoms with Gasteiger partial charge in [-0.25, -0.2) is 4.57 Å².